The first-order valence-corrected chi connectivity index (χ1v) is 9.85. The number of aliphatic imine (C=N–C) groups is 1. The first kappa shape index (κ1) is 26.5. The van der Waals surface area contributed by atoms with Crippen molar-refractivity contribution < 1.29 is 9.53 Å². The Labute approximate surface area is 187 Å². The van der Waals surface area contributed by atoms with Crippen LogP contribution in [-0.2, 0) is 11.3 Å². The molecule has 1 aromatic rings. The van der Waals surface area contributed by atoms with Gasteiger partial charge in [0.2, 0.25) is 5.91 Å². The quantitative estimate of drug-likeness (QED) is 0.179. The maximum Gasteiger partial charge on any atom is 0.221 e. The zero-order valence-electron chi connectivity index (χ0n) is 17.9. The Bertz CT molecular complexity index is 606. The van der Waals surface area contributed by atoms with E-state index in [9.17, 15) is 4.79 Å². The number of anilines is 1. The van der Waals surface area contributed by atoms with Crippen LogP contribution in [0.3, 0.4) is 0 Å². The molecule has 1 rings (SSSR count). The van der Waals surface area contributed by atoms with Crippen LogP contribution in [0.4, 0.5) is 5.69 Å². The summed E-state index contributed by atoms with van der Waals surface area (Å²) in [5.41, 5.74) is 1.71. The van der Waals surface area contributed by atoms with Crippen LogP contribution in [0.5, 0.6) is 5.75 Å². The molecular weight excluding hydrogens is 467 g/mol. The minimum absolute atomic E-state index is 0. The summed E-state index contributed by atoms with van der Waals surface area (Å²) in [6.07, 6.45) is 6.32. The van der Waals surface area contributed by atoms with Gasteiger partial charge < -0.3 is 20.7 Å². The van der Waals surface area contributed by atoms with Gasteiger partial charge in [0, 0.05) is 27.1 Å². The topological polar surface area (TPSA) is 74.8 Å². The van der Waals surface area contributed by atoms with Crippen molar-refractivity contribution >= 4 is 41.5 Å². The SMILES string of the molecule is CN=C(NCCCCCCC(C)C)NCc1ccc(OC)c(NC(C)=O)c1.I. The summed E-state index contributed by atoms with van der Waals surface area (Å²) in [5, 5.41) is 9.45. The molecule has 0 unspecified atom stereocenters. The number of nitrogens with zero attached hydrogens (tertiary/aromatic N) is 1. The predicted molar refractivity (Wildman–Crippen MR) is 129 cm³/mol. The lowest BCUT2D eigenvalue weighted by atomic mass is 10.0. The zero-order valence-corrected chi connectivity index (χ0v) is 20.3. The van der Waals surface area contributed by atoms with Gasteiger partial charge in [-0.3, -0.25) is 9.79 Å². The van der Waals surface area contributed by atoms with Crippen LogP contribution in [0, 0.1) is 5.92 Å². The monoisotopic (exact) mass is 504 g/mol. The number of carbonyl (C=O) groups is 1. The van der Waals surface area contributed by atoms with Gasteiger partial charge in [-0.1, -0.05) is 45.6 Å². The summed E-state index contributed by atoms with van der Waals surface area (Å²) in [5.74, 6) is 2.11. The van der Waals surface area contributed by atoms with Crippen molar-refractivity contribution in [2.24, 2.45) is 10.9 Å². The first-order chi connectivity index (χ1) is 13.0. The highest BCUT2D eigenvalue weighted by atomic mass is 127. The van der Waals surface area contributed by atoms with E-state index in [2.05, 4.69) is 34.8 Å². The predicted octanol–water partition coefficient (Wildman–Crippen LogP) is 4.54. The van der Waals surface area contributed by atoms with Crippen molar-refractivity contribution in [3.63, 3.8) is 0 Å². The van der Waals surface area contributed by atoms with Crippen molar-refractivity contribution in [1.29, 1.82) is 0 Å². The minimum Gasteiger partial charge on any atom is -0.495 e. The van der Waals surface area contributed by atoms with Crippen LogP contribution in [0.15, 0.2) is 23.2 Å². The number of carbonyl (C=O) groups excluding carboxylic acids is 1. The number of hydrogen-bond donors (Lipinski definition) is 3. The van der Waals surface area contributed by atoms with Crippen molar-refractivity contribution in [2.75, 3.05) is 26.0 Å². The van der Waals surface area contributed by atoms with Gasteiger partial charge in [0.15, 0.2) is 5.96 Å². The summed E-state index contributed by atoms with van der Waals surface area (Å²) >= 11 is 0. The molecule has 1 amide bonds. The van der Waals surface area contributed by atoms with Gasteiger partial charge in [0.05, 0.1) is 12.8 Å². The summed E-state index contributed by atoms with van der Waals surface area (Å²) < 4.78 is 5.28. The molecule has 0 aliphatic rings. The largest absolute Gasteiger partial charge is 0.495 e. The fraction of sp³-hybridized carbons (Fsp3) is 0.619. The lowest BCUT2D eigenvalue weighted by Crippen LogP contribution is -2.37. The van der Waals surface area contributed by atoms with Gasteiger partial charge in [-0.05, 0) is 30.0 Å². The molecule has 0 aromatic heterocycles. The van der Waals surface area contributed by atoms with Crippen LogP contribution in [0.2, 0.25) is 0 Å². The Kier molecular flexibility index (Phi) is 14.6. The summed E-state index contributed by atoms with van der Waals surface area (Å²) in [7, 11) is 3.36. The van der Waals surface area contributed by atoms with E-state index in [0.717, 1.165) is 30.4 Å². The van der Waals surface area contributed by atoms with E-state index in [1.165, 1.54) is 32.6 Å². The van der Waals surface area contributed by atoms with Crippen molar-refractivity contribution in [2.45, 2.75) is 59.4 Å². The second-order valence-electron chi connectivity index (χ2n) is 7.17. The number of nitrogens with one attached hydrogen (secondary N) is 3. The van der Waals surface area contributed by atoms with E-state index < -0.39 is 0 Å². The zero-order chi connectivity index (χ0) is 20.1. The third-order valence-corrected chi connectivity index (χ3v) is 4.26. The van der Waals surface area contributed by atoms with Crippen LogP contribution in [0.25, 0.3) is 0 Å². The molecule has 1 aromatic carbocycles. The third-order valence-electron chi connectivity index (χ3n) is 4.26. The summed E-state index contributed by atoms with van der Waals surface area (Å²) in [4.78, 5) is 15.6. The smallest absolute Gasteiger partial charge is 0.221 e. The molecule has 0 saturated heterocycles. The number of benzene rings is 1. The molecule has 0 heterocycles. The molecule has 7 heteroatoms. The molecule has 3 N–H and O–H groups in total. The first-order valence-electron chi connectivity index (χ1n) is 9.85. The van der Waals surface area contributed by atoms with Crippen molar-refractivity contribution in [1.82, 2.24) is 10.6 Å². The second-order valence-corrected chi connectivity index (χ2v) is 7.17. The lowest BCUT2D eigenvalue weighted by Gasteiger charge is -2.14. The fourth-order valence-corrected chi connectivity index (χ4v) is 2.80. The standard InChI is InChI=1S/C21H36N4O2.HI/c1-16(2)10-8-6-7-9-13-23-21(22-4)24-15-18-11-12-20(27-5)19(14-18)25-17(3)26;/h11-12,14,16H,6-10,13,15H2,1-5H3,(H,25,26)(H2,22,23,24);1H. The Morgan fingerprint density at radius 2 is 1.86 bits per heavy atom. The van der Waals surface area contributed by atoms with Crippen LogP contribution >= 0.6 is 24.0 Å². The normalized spacial score (nSPS) is 11.0. The van der Waals surface area contributed by atoms with Crippen molar-refractivity contribution in [3.8, 4) is 5.75 Å². The van der Waals surface area contributed by atoms with Crippen LogP contribution < -0.4 is 20.7 Å². The number of amides is 1. The molecule has 0 aliphatic carbocycles. The number of guanidine groups is 1. The molecule has 0 bridgehead atoms. The Balaban J connectivity index is 0.00000729. The van der Waals surface area contributed by atoms with E-state index >= 15 is 0 Å². The number of hydrogen-bond acceptors (Lipinski definition) is 3. The lowest BCUT2D eigenvalue weighted by molar-refractivity contribution is -0.114. The number of methoxy groups -OCH3 is 1. The average Bonchev–Trinajstić information content (AvgIpc) is 2.62. The highest BCUT2D eigenvalue weighted by Gasteiger charge is 2.06. The van der Waals surface area contributed by atoms with Crippen LogP contribution in [0.1, 0.15) is 58.4 Å². The Hall–Kier alpha value is -1.51. The van der Waals surface area contributed by atoms with Gasteiger partial charge >= 0.3 is 0 Å². The molecule has 160 valence electrons. The Morgan fingerprint density at radius 1 is 1.14 bits per heavy atom. The van der Waals surface area contributed by atoms with E-state index in [1.54, 1.807) is 14.2 Å². The fourth-order valence-electron chi connectivity index (χ4n) is 2.80. The van der Waals surface area contributed by atoms with Gasteiger partial charge in [0.25, 0.3) is 0 Å². The Morgan fingerprint density at radius 3 is 2.46 bits per heavy atom. The van der Waals surface area contributed by atoms with Gasteiger partial charge in [0.1, 0.15) is 5.75 Å². The highest BCUT2D eigenvalue weighted by molar-refractivity contribution is 14.0. The molecular formula is C21H37IN4O2. The molecule has 6 nitrogen and oxygen atoms in total. The van der Waals surface area contributed by atoms with E-state index in [1.807, 2.05) is 18.2 Å². The second kappa shape index (κ2) is 15.4. The van der Waals surface area contributed by atoms with Gasteiger partial charge in [-0.15, -0.1) is 24.0 Å². The highest BCUT2D eigenvalue weighted by Crippen LogP contribution is 2.25. The maximum absolute atomic E-state index is 11.3. The number of halogens is 1. The number of unbranched alkanes of at least 4 members (excludes halogenated alkanes) is 3. The number of ether oxygens (including phenoxy) is 1. The van der Waals surface area contributed by atoms with Gasteiger partial charge in [-0.25, -0.2) is 0 Å². The molecule has 28 heavy (non-hydrogen) atoms. The molecule has 0 spiro atoms. The van der Waals surface area contributed by atoms with E-state index in [-0.39, 0.29) is 29.9 Å². The molecule has 0 radical (unpaired) electrons. The average molecular weight is 504 g/mol. The summed E-state index contributed by atoms with van der Waals surface area (Å²) in [6.45, 7) is 7.57. The molecule has 0 saturated carbocycles. The summed E-state index contributed by atoms with van der Waals surface area (Å²) in [6, 6.07) is 5.74. The maximum atomic E-state index is 11.3. The molecule has 0 aliphatic heterocycles. The third kappa shape index (κ3) is 11.4. The minimum atomic E-state index is -0.121. The van der Waals surface area contributed by atoms with E-state index in [4.69, 9.17) is 4.74 Å². The molecule has 0 atom stereocenters. The van der Waals surface area contributed by atoms with Crippen LogP contribution in [-0.4, -0.2) is 32.6 Å². The molecule has 0 fully saturated rings. The van der Waals surface area contributed by atoms with E-state index in [0.29, 0.717) is 18.0 Å². The van der Waals surface area contributed by atoms with Gasteiger partial charge in [-0.2, -0.15) is 0 Å². The number of rotatable bonds is 11. The van der Waals surface area contributed by atoms with Crippen molar-refractivity contribution in [3.05, 3.63) is 23.8 Å².